The molecule has 2 aromatic rings. The van der Waals surface area contributed by atoms with Gasteiger partial charge in [-0.1, -0.05) is 30.0 Å². The molecule has 2 aromatic heterocycles. The average molecular weight is 477 g/mol. The summed E-state index contributed by atoms with van der Waals surface area (Å²) in [5.41, 5.74) is 1.55. The lowest BCUT2D eigenvalue weighted by Gasteiger charge is -2.14. The quantitative estimate of drug-likeness (QED) is 0.301. The van der Waals surface area contributed by atoms with Gasteiger partial charge < -0.3 is 14.8 Å². The van der Waals surface area contributed by atoms with E-state index in [2.05, 4.69) is 5.32 Å². The fourth-order valence-electron chi connectivity index (χ4n) is 3.29. The number of rotatable bonds is 11. The van der Waals surface area contributed by atoms with Crippen LogP contribution in [0.5, 0.6) is 0 Å². The van der Waals surface area contributed by atoms with Crippen LogP contribution in [0, 0.1) is 6.92 Å². The summed E-state index contributed by atoms with van der Waals surface area (Å²) >= 11 is 6.61. The molecule has 0 aliphatic carbocycles. The van der Waals surface area contributed by atoms with E-state index in [1.54, 1.807) is 30.3 Å². The number of nitrogens with one attached hydrogen (secondary N) is 1. The Balaban J connectivity index is 1.95. The van der Waals surface area contributed by atoms with Crippen molar-refractivity contribution in [2.24, 2.45) is 0 Å². The van der Waals surface area contributed by atoms with Crippen LogP contribution in [0.1, 0.15) is 30.9 Å². The molecule has 1 amide bonds. The molecule has 1 fully saturated rings. The molecule has 0 saturated carbocycles. The van der Waals surface area contributed by atoms with E-state index in [9.17, 15) is 9.59 Å². The van der Waals surface area contributed by atoms with E-state index in [0.29, 0.717) is 65.6 Å². The molecular weight excluding hydrogens is 448 g/mol. The normalized spacial score (nSPS) is 15.3. The first-order valence-electron chi connectivity index (χ1n) is 10.6. The summed E-state index contributed by atoms with van der Waals surface area (Å²) in [6, 6.07) is 3.71. The maximum atomic E-state index is 13.3. The Morgan fingerprint density at radius 3 is 2.84 bits per heavy atom. The van der Waals surface area contributed by atoms with E-state index < -0.39 is 0 Å². The molecule has 3 heterocycles. The van der Waals surface area contributed by atoms with Crippen molar-refractivity contribution >= 4 is 51.7 Å². The van der Waals surface area contributed by atoms with Gasteiger partial charge in [0.1, 0.15) is 15.8 Å². The number of nitrogens with zero attached hydrogens (tertiary/aromatic N) is 3. The van der Waals surface area contributed by atoms with Gasteiger partial charge in [-0.15, -0.1) is 0 Å². The summed E-state index contributed by atoms with van der Waals surface area (Å²) in [6.45, 7) is 6.70. The van der Waals surface area contributed by atoms with Crippen LogP contribution in [0.25, 0.3) is 11.7 Å². The van der Waals surface area contributed by atoms with Crippen LogP contribution in [0.4, 0.5) is 5.82 Å². The maximum Gasteiger partial charge on any atom is 0.267 e. The molecule has 0 spiro atoms. The second kappa shape index (κ2) is 11.6. The van der Waals surface area contributed by atoms with Crippen LogP contribution in [-0.4, -0.2) is 64.5 Å². The highest BCUT2D eigenvalue weighted by Gasteiger charge is 2.32. The third kappa shape index (κ3) is 5.55. The number of ether oxygens (including phenoxy) is 2. The predicted molar refractivity (Wildman–Crippen MR) is 132 cm³/mol. The number of pyridine rings is 1. The Bertz CT molecular complexity index is 1080. The van der Waals surface area contributed by atoms with Crippen molar-refractivity contribution in [3.63, 3.8) is 0 Å². The summed E-state index contributed by atoms with van der Waals surface area (Å²) in [4.78, 5) is 33.0. The molecule has 10 heteroatoms. The molecule has 0 unspecified atom stereocenters. The number of aromatic nitrogens is 2. The van der Waals surface area contributed by atoms with Crippen molar-refractivity contribution in [1.82, 2.24) is 14.3 Å². The zero-order valence-corrected chi connectivity index (χ0v) is 20.2. The zero-order valence-electron chi connectivity index (χ0n) is 18.6. The van der Waals surface area contributed by atoms with Gasteiger partial charge >= 0.3 is 0 Å². The molecule has 32 heavy (non-hydrogen) atoms. The first kappa shape index (κ1) is 24.4. The summed E-state index contributed by atoms with van der Waals surface area (Å²) in [7, 11) is 1.64. The minimum atomic E-state index is -0.241. The molecule has 1 N–H and O–H groups in total. The molecule has 0 aromatic carbocycles. The van der Waals surface area contributed by atoms with E-state index in [-0.39, 0.29) is 11.5 Å². The first-order valence-corrected chi connectivity index (χ1v) is 11.8. The minimum absolute atomic E-state index is 0.199. The average Bonchev–Trinajstić information content (AvgIpc) is 3.04. The fraction of sp³-hybridized carbons (Fsp3) is 0.455. The van der Waals surface area contributed by atoms with Crippen molar-refractivity contribution in [2.75, 3.05) is 45.3 Å². The van der Waals surface area contributed by atoms with Crippen molar-refractivity contribution in [3.05, 3.63) is 44.7 Å². The number of hydrogen-bond acceptors (Lipinski definition) is 8. The number of carbonyl (C=O) groups excluding carboxylic acids is 1. The number of aryl methyl sites for hydroxylation is 1. The van der Waals surface area contributed by atoms with Gasteiger partial charge in [-0.3, -0.25) is 18.9 Å². The molecule has 0 radical (unpaired) electrons. The number of hydrogen-bond donors (Lipinski definition) is 1. The van der Waals surface area contributed by atoms with Crippen LogP contribution in [0.3, 0.4) is 0 Å². The summed E-state index contributed by atoms with van der Waals surface area (Å²) in [5.74, 6) is 0.248. The van der Waals surface area contributed by atoms with Gasteiger partial charge in [0.05, 0.1) is 10.5 Å². The largest absolute Gasteiger partial charge is 0.385 e. The van der Waals surface area contributed by atoms with Crippen LogP contribution < -0.4 is 10.9 Å². The Kier molecular flexibility index (Phi) is 8.80. The Labute approximate surface area is 197 Å². The highest BCUT2D eigenvalue weighted by Crippen LogP contribution is 2.33. The lowest BCUT2D eigenvalue weighted by Crippen LogP contribution is -2.29. The SMILES string of the molecule is CCOCCCN1C(=O)/C(=C\c2c(NCCCOC)nc3c(C)cccn3c2=O)SC1=S. The molecule has 0 bridgehead atoms. The van der Waals surface area contributed by atoms with Gasteiger partial charge in [-0.2, -0.15) is 0 Å². The fourth-order valence-corrected chi connectivity index (χ4v) is 4.58. The smallest absolute Gasteiger partial charge is 0.267 e. The van der Waals surface area contributed by atoms with Gasteiger partial charge in [0.25, 0.3) is 11.5 Å². The summed E-state index contributed by atoms with van der Waals surface area (Å²) < 4.78 is 12.4. The highest BCUT2D eigenvalue weighted by molar-refractivity contribution is 8.26. The number of thiocarbonyl (C=S) groups is 1. The van der Waals surface area contributed by atoms with E-state index in [1.807, 2.05) is 19.9 Å². The van der Waals surface area contributed by atoms with Crippen molar-refractivity contribution in [1.29, 1.82) is 0 Å². The monoisotopic (exact) mass is 476 g/mol. The second-order valence-corrected chi connectivity index (χ2v) is 8.90. The number of fused-ring (bicyclic) bond motifs is 1. The van der Waals surface area contributed by atoms with Gasteiger partial charge in [-0.25, -0.2) is 4.98 Å². The van der Waals surface area contributed by atoms with Crippen LogP contribution in [0.2, 0.25) is 0 Å². The molecule has 1 aliphatic heterocycles. The van der Waals surface area contributed by atoms with Crippen molar-refractivity contribution in [2.45, 2.75) is 26.7 Å². The molecule has 3 rings (SSSR count). The third-order valence-corrected chi connectivity index (χ3v) is 6.30. The molecule has 8 nitrogen and oxygen atoms in total. The van der Waals surface area contributed by atoms with Crippen molar-refractivity contribution < 1.29 is 14.3 Å². The number of amides is 1. The molecule has 1 aliphatic rings. The van der Waals surface area contributed by atoms with Crippen LogP contribution >= 0.6 is 24.0 Å². The zero-order chi connectivity index (χ0) is 23.1. The first-order chi connectivity index (χ1) is 15.5. The number of methoxy groups -OCH3 is 1. The Morgan fingerprint density at radius 1 is 1.28 bits per heavy atom. The van der Waals surface area contributed by atoms with Gasteiger partial charge in [-0.05, 0) is 44.4 Å². The summed E-state index contributed by atoms with van der Waals surface area (Å²) in [6.07, 6.45) is 4.74. The summed E-state index contributed by atoms with van der Waals surface area (Å²) in [5, 5.41) is 3.24. The van der Waals surface area contributed by atoms with Gasteiger partial charge in [0.2, 0.25) is 0 Å². The molecular formula is C22H28N4O4S2. The van der Waals surface area contributed by atoms with Crippen LogP contribution in [0.15, 0.2) is 28.0 Å². The number of carbonyl (C=O) groups is 1. The van der Waals surface area contributed by atoms with E-state index in [0.717, 1.165) is 12.0 Å². The van der Waals surface area contributed by atoms with Crippen molar-refractivity contribution in [3.8, 4) is 0 Å². The Morgan fingerprint density at radius 2 is 2.09 bits per heavy atom. The molecule has 172 valence electrons. The predicted octanol–water partition coefficient (Wildman–Crippen LogP) is 3.08. The maximum absolute atomic E-state index is 13.3. The van der Waals surface area contributed by atoms with E-state index in [1.165, 1.54) is 16.2 Å². The molecule has 0 atom stereocenters. The third-order valence-electron chi connectivity index (χ3n) is 4.93. The highest BCUT2D eigenvalue weighted by atomic mass is 32.2. The Hall–Kier alpha value is -2.27. The van der Waals surface area contributed by atoms with E-state index in [4.69, 9.17) is 26.7 Å². The lowest BCUT2D eigenvalue weighted by atomic mass is 10.2. The van der Waals surface area contributed by atoms with E-state index >= 15 is 0 Å². The second-order valence-electron chi connectivity index (χ2n) is 7.22. The molecule has 1 saturated heterocycles. The topological polar surface area (TPSA) is 85.2 Å². The van der Waals surface area contributed by atoms with Crippen LogP contribution in [-0.2, 0) is 14.3 Å². The van der Waals surface area contributed by atoms with Gasteiger partial charge in [0, 0.05) is 46.2 Å². The van der Waals surface area contributed by atoms with Gasteiger partial charge in [0.15, 0.2) is 0 Å². The lowest BCUT2D eigenvalue weighted by molar-refractivity contribution is -0.122. The standard InChI is InChI=1S/C22H28N4O4S2/c1-4-30-13-7-11-26-21(28)17(32-22(26)31)14-16-18(23-9-6-12-29-3)24-19-15(2)8-5-10-25(19)20(16)27/h5,8,10,14,23H,4,6-7,9,11-13H2,1-3H3/b17-14+. The number of anilines is 1. The minimum Gasteiger partial charge on any atom is -0.385 e. The number of thioether (sulfide) groups is 1.